The van der Waals surface area contributed by atoms with E-state index in [1.165, 1.54) is 24.3 Å². The van der Waals surface area contributed by atoms with Crippen LogP contribution in [-0.2, 0) is 6.42 Å². The number of aromatic amines is 1. The van der Waals surface area contributed by atoms with Gasteiger partial charge in [-0.05, 0) is 36.6 Å². The van der Waals surface area contributed by atoms with E-state index in [1.54, 1.807) is 6.20 Å². The van der Waals surface area contributed by atoms with E-state index in [0.717, 1.165) is 12.0 Å². The van der Waals surface area contributed by atoms with Crippen LogP contribution in [0.4, 0.5) is 10.1 Å². The second-order valence-corrected chi connectivity index (χ2v) is 4.83. The van der Waals surface area contributed by atoms with Gasteiger partial charge in [-0.3, -0.25) is 9.89 Å². The van der Waals surface area contributed by atoms with Gasteiger partial charge in [0.2, 0.25) is 0 Å². The van der Waals surface area contributed by atoms with E-state index in [4.69, 9.17) is 0 Å². The minimum atomic E-state index is -0.333. The van der Waals surface area contributed by atoms with Crippen LogP contribution in [0.5, 0.6) is 0 Å². The Hall–Kier alpha value is -2.17. The van der Waals surface area contributed by atoms with Crippen LogP contribution in [0, 0.1) is 11.7 Å². The van der Waals surface area contributed by atoms with Crippen LogP contribution in [0.15, 0.2) is 30.5 Å². The Morgan fingerprint density at radius 3 is 2.68 bits per heavy atom. The summed E-state index contributed by atoms with van der Waals surface area (Å²) >= 11 is 0. The van der Waals surface area contributed by atoms with E-state index in [9.17, 15) is 9.18 Å². The predicted molar refractivity (Wildman–Crippen MR) is 71.5 cm³/mol. The number of nitrogens with zero attached hydrogens (tertiary/aromatic N) is 1. The Morgan fingerprint density at radius 1 is 1.37 bits per heavy atom. The van der Waals surface area contributed by atoms with Gasteiger partial charge < -0.3 is 5.32 Å². The van der Waals surface area contributed by atoms with E-state index in [1.807, 2.05) is 0 Å². The molecule has 0 saturated heterocycles. The van der Waals surface area contributed by atoms with Crippen LogP contribution in [0.2, 0.25) is 0 Å². The highest BCUT2D eigenvalue weighted by molar-refractivity contribution is 6.03. The summed E-state index contributed by atoms with van der Waals surface area (Å²) < 4.78 is 12.8. The summed E-state index contributed by atoms with van der Waals surface area (Å²) in [4.78, 5) is 12.1. The quantitative estimate of drug-likeness (QED) is 0.888. The fraction of sp³-hybridized carbons (Fsp3) is 0.286. The summed E-state index contributed by atoms with van der Waals surface area (Å²) in [7, 11) is 0. The molecule has 0 fully saturated rings. The third-order valence-corrected chi connectivity index (χ3v) is 2.68. The second kappa shape index (κ2) is 5.65. The van der Waals surface area contributed by atoms with Gasteiger partial charge in [-0.2, -0.15) is 5.10 Å². The van der Waals surface area contributed by atoms with Crippen molar-refractivity contribution in [2.75, 3.05) is 5.32 Å². The molecule has 5 heteroatoms. The van der Waals surface area contributed by atoms with Crippen molar-refractivity contribution in [2.45, 2.75) is 20.3 Å². The van der Waals surface area contributed by atoms with Crippen LogP contribution in [0.3, 0.4) is 0 Å². The summed E-state index contributed by atoms with van der Waals surface area (Å²) in [5, 5.41) is 9.32. The van der Waals surface area contributed by atoms with Crippen molar-refractivity contribution in [1.29, 1.82) is 0 Å². The molecule has 0 aliphatic heterocycles. The van der Waals surface area contributed by atoms with E-state index < -0.39 is 0 Å². The molecular formula is C14H16FN3O. The van der Waals surface area contributed by atoms with Crippen molar-refractivity contribution in [3.8, 4) is 0 Å². The molecule has 0 aliphatic rings. The van der Waals surface area contributed by atoms with Gasteiger partial charge in [0.15, 0.2) is 0 Å². The molecule has 1 aromatic heterocycles. The molecule has 0 bridgehead atoms. The normalized spacial score (nSPS) is 10.7. The first-order valence-corrected chi connectivity index (χ1v) is 6.15. The highest BCUT2D eigenvalue weighted by Crippen LogP contribution is 2.14. The highest BCUT2D eigenvalue weighted by atomic mass is 19.1. The van der Waals surface area contributed by atoms with Gasteiger partial charge in [-0.15, -0.1) is 0 Å². The predicted octanol–water partition coefficient (Wildman–Crippen LogP) is 3.00. The number of amides is 1. The van der Waals surface area contributed by atoms with Gasteiger partial charge >= 0.3 is 0 Å². The Kier molecular flexibility index (Phi) is 3.94. The molecule has 100 valence electrons. The number of nitrogens with one attached hydrogen (secondary N) is 2. The number of carbonyl (C=O) groups excluding carboxylic acids is 1. The standard InChI is InChI=1S/C14H16FN3O/c1-9(2)7-10-8-16-18-13(10)14(19)17-12-5-3-11(15)4-6-12/h3-6,8-9H,7H2,1-2H3,(H,16,18)(H,17,19). The zero-order chi connectivity index (χ0) is 13.8. The lowest BCUT2D eigenvalue weighted by Gasteiger charge is -2.07. The average Bonchev–Trinajstić information content (AvgIpc) is 2.79. The third kappa shape index (κ3) is 3.40. The van der Waals surface area contributed by atoms with Gasteiger partial charge in [0, 0.05) is 11.3 Å². The van der Waals surface area contributed by atoms with Crippen molar-refractivity contribution < 1.29 is 9.18 Å². The molecule has 0 unspecified atom stereocenters. The van der Waals surface area contributed by atoms with Crippen molar-refractivity contribution in [3.63, 3.8) is 0 Å². The van der Waals surface area contributed by atoms with E-state index in [-0.39, 0.29) is 11.7 Å². The smallest absolute Gasteiger partial charge is 0.273 e. The maximum atomic E-state index is 12.8. The molecule has 0 atom stereocenters. The minimum absolute atomic E-state index is 0.264. The topological polar surface area (TPSA) is 57.8 Å². The van der Waals surface area contributed by atoms with Gasteiger partial charge in [0.25, 0.3) is 5.91 Å². The van der Waals surface area contributed by atoms with E-state index in [0.29, 0.717) is 17.3 Å². The molecule has 19 heavy (non-hydrogen) atoms. The number of hydrogen-bond donors (Lipinski definition) is 2. The molecule has 0 aliphatic carbocycles. The summed E-state index contributed by atoms with van der Waals surface area (Å²) in [5.41, 5.74) is 1.89. The molecule has 0 radical (unpaired) electrons. The van der Waals surface area contributed by atoms with Gasteiger partial charge in [-0.25, -0.2) is 4.39 Å². The zero-order valence-corrected chi connectivity index (χ0v) is 10.9. The maximum Gasteiger partial charge on any atom is 0.273 e. The molecule has 1 amide bonds. The first kappa shape index (κ1) is 13.3. The SMILES string of the molecule is CC(C)Cc1cn[nH]c1C(=O)Nc1ccc(F)cc1. The Morgan fingerprint density at radius 2 is 2.05 bits per heavy atom. The van der Waals surface area contributed by atoms with Crippen molar-refractivity contribution in [2.24, 2.45) is 5.92 Å². The van der Waals surface area contributed by atoms with Crippen LogP contribution in [0.25, 0.3) is 0 Å². The monoisotopic (exact) mass is 261 g/mol. The average molecular weight is 261 g/mol. The Bertz CT molecular complexity index is 560. The van der Waals surface area contributed by atoms with Gasteiger partial charge in [0.1, 0.15) is 11.5 Å². The van der Waals surface area contributed by atoms with Crippen LogP contribution < -0.4 is 5.32 Å². The summed E-state index contributed by atoms with van der Waals surface area (Å²) in [6, 6.07) is 5.65. The van der Waals surface area contributed by atoms with Crippen molar-refractivity contribution in [1.82, 2.24) is 10.2 Å². The lowest BCUT2D eigenvalue weighted by atomic mass is 10.0. The van der Waals surface area contributed by atoms with Gasteiger partial charge in [0.05, 0.1) is 6.20 Å². The fourth-order valence-corrected chi connectivity index (χ4v) is 1.83. The largest absolute Gasteiger partial charge is 0.321 e. The van der Waals surface area contributed by atoms with Crippen LogP contribution in [-0.4, -0.2) is 16.1 Å². The number of H-pyrrole nitrogens is 1. The first-order chi connectivity index (χ1) is 9.06. The molecular weight excluding hydrogens is 245 g/mol. The first-order valence-electron chi connectivity index (χ1n) is 6.15. The summed E-state index contributed by atoms with van der Waals surface area (Å²) in [6.45, 7) is 4.16. The molecule has 1 heterocycles. The maximum absolute atomic E-state index is 12.8. The van der Waals surface area contributed by atoms with Crippen LogP contribution >= 0.6 is 0 Å². The third-order valence-electron chi connectivity index (χ3n) is 2.68. The lowest BCUT2D eigenvalue weighted by Crippen LogP contribution is -2.15. The molecule has 2 aromatic rings. The summed E-state index contributed by atoms with van der Waals surface area (Å²) in [6.07, 6.45) is 2.45. The molecule has 0 spiro atoms. The molecule has 2 N–H and O–H groups in total. The number of hydrogen-bond acceptors (Lipinski definition) is 2. The number of anilines is 1. The van der Waals surface area contributed by atoms with E-state index >= 15 is 0 Å². The Balaban J connectivity index is 2.11. The van der Waals surface area contributed by atoms with Crippen molar-refractivity contribution in [3.05, 3.63) is 47.5 Å². The number of halogens is 1. The number of aromatic nitrogens is 2. The second-order valence-electron chi connectivity index (χ2n) is 4.83. The zero-order valence-electron chi connectivity index (χ0n) is 10.9. The molecule has 4 nitrogen and oxygen atoms in total. The Labute approximate surface area is 111 Å². The van der Waals surface area contributed by atoms with Gasteiger partial charge in [-0.1, -0.05) is 13.8 Å². The summed E-state index contributed by atoms with van der Waals surface area (Å²) in [5.74, 6) is -0.158. The minimum Gasteiger partial charge on any atom is -0.321 e. The number of carbonyl (C=O) groups is 1. The fourth-order valence-electron chi connectivity index (χ4n) is 1.83. The lowest BCUT2D eigenvalue weighted by molar-refractivity contribution is 0.102. The molecule has 2 rings (SSSR count). The van der Waals surface area contributed by atoms with Crippen molar-refractivity contribution >= 4 is 11.6 Å². The van der Waals surface area contributed by atoms with Crippen LogP contribution in [0.1, 0.15) is 29.9 Å². The van der Waals surface area contributed by atoms with E-state index in [2.05, 4.69) is 29.4 Å². The highest BCUT2D eigenvalue weighted by Gasteiger charge is 2.14. The number of rotatable bonds is 4. The molecule has 0 saturated carbocycles. The molecule has 1 aromatic carbocycles. The number of benzene rings is 1.